The molecule has 0 amide bonds. The first-order valence-electron chi connectivity index (χ1n) is 9.63. The van der Waals surface area contributed by atoms with Crippen molar-refractivity contribution < 1.29 is 14.3 Å². The van der Waals surface area contributed by atoms with Gasteiger partial charge >= 0.3 is 5.97 Å². The van der Waals surface area contributed by atoms with Gasteiger partial charge in [-0.05, 0) is 24.8 Å². The Kier molecular flexibility index (Phi) is 8.90. The molecule has 1 aliphatic heterocycles. The Morgan fingerprint density at radius 3 is 2.38 bits per heavy atom. The molecular weight excluding hydrogens is 300 g/mol. The van der Waals surface area contributed by atoms with E-state index in [1.807, 2.05) is 18.2 Å². The number of ether oxygens (including phenoxy) is 2. The summed E-state index contributed by atoms with van der Waals surface area (Å²) in [5, 5.41) is 0. The highest BCUT2D eigenvalue weighted by Crippen LogP contribution is 2.30. The molecule has 0 aromatic heterocycles. The van der Waals surface area contributed by atoms with Crippen LogP contribution in [0.4, 0.5) is 0 Å². The van der Waals surface area contributed by atoms with Crippen LogP contribution in [0.25, 0.3) is 0 Å². The molecular formula is C21H32O3. The Morgan fingerprint density at radius 2 is 1.67 bits per heavy atom. The van der Waals surface area contributed by atoms with Crippen molar-refractivity contribution in [1.29, 1.82) is 0 Å². The molecule has 0 aliphatic carbocycles. The van der Waals surface area contributed by atoms with Gasteiger partial charge in [0, 0.05) is 6.61 Å². The van der Waals surface area contributed by atoms with Crippen LogP contribution in [-0.4, -0.2) is 18.7 Å². The Labute approximate surface area is 146 Å². The summed E-state index contributed by atoms with van der Waals surface area (Å²) < 4.78 is 11.0. The minimum absolute atomic E-state index is 0.0359. The van der Waals surface area contributed by atoms with E-state index in [0.717, 1.165) is 12.8 Å². The fourth-order valence-corrected chi connectivity index (χ4v) is 3.24. The molecule has 2 rings (SSSR count). The van der Waals surface area contributed by atoms with Crippen LogP contribution < -0.4 is 0 Å². The van der Waals surface area contributed by atoms with Crippen LogP contribution in [0, 0.1) is 5.92 Å². The van der Waals surface area contributed by atoms with E-state index in [1.54, 1.807) is 0 Å². The van der Waals surface area contributed by atoms with Gasteiger partial charge in [0.05, 0.1) is 12.5 Å². The van der Waals surface area contributed by atoms with Gasteiger partial charge in [0.25, 0.3) is 0 Å². The average Bonchev–Trinajstić information content (AvgIpc) is 2.60. The highest BCUT2D eigenvalue weighted by molar-refractivity contribution is 5.78. The van der Waals surface area contributed by atoms with Crippen molar-refractivity contribution in [1.82, 2.24) is 0 Å². The first kappa shape index (κ1) is 19.0. The minimum atomic E-state index is -0.0359. The zero-order valence-corrected chi connectivity index (χ0v) is 15.0. The Bertz CT molecular complexity index is 457. The van der Waals surface area contributed by atoms with E-state index in [1.165, 1.54) is 50.5 Å². The number of carbonyl (C=O) groups excluding carboxylic acids is 1. The lowest BCUT2D eigenvalue weighted by molar-refractivity contribution is -0.187. The molecule has 1 aromatic carbocycles. The number of hydrogen-bond donors (Lipinski definition) is 0. The Morgan fingerprint density at radius 1 is 0.958 bits per heavy atom. The molecule has 0 radical (unpaired) electrons. The van der Waals surface area contributed by atoms with Crippen LogP contribution in [0.15, 0.2) is 30.3 Å². The third-order valence-electron chi connectivity index (χ3n) is 4.80. The highest BCUT2D eigenvalue weighted by atomic mass is 16.6. The maximum atomic E-state index is 11.6. The molecule has 0 spiro atoms. The maximum absolute atomic E-state index is 11.6. The molecule has 134 valence electrons. The van der Waals surface area contributed by atoms with E-state index in [2.05, 4.69) is 19.1 Å². The highest BCUT2D eigenvalue weighted by Gasteiger charge is 2.41. The number of benzene rings is 1. The van der Waals surface area contributed by atoms with Crippen LogP contribution in [0.1, 0.15) is 70.3 Å². The molecule has 1 fully saturated rings. The van der Waals surface area contributed by atoms with Crippen LogP contribution in [0.5, 0.6) is 0 Å². The fraction of sp³-hybridized carbons (Fsp3) is 0.667. The number of hydrogen-bond acceptors (Lipinski definition) is 3. The Hall–Kier alpha value is -1.35. The SMILES string of the molecule is CCCCCCCCCC1OC(=O)C1CCOCc1ccccc1. The normalized spacial score (nSPS) is 19.8. The molecule has 24 heavy (non-hydrogen) atoms. The molecule has 1 heterocycles. The van der Waals surface area contributed by atoms with Gasteiger partial charge in [-0.3, -0.25) is 4.79 Å². The number of esters is 1. The summed E-state index contributed by atoms with van der Waals surface area (Å²) >= 11 is 0. The number of rotatable bonds is 13. The quantitative estimate of drug-likeness (QED) is 0.364. The van der Waals surface area contributed by atoms with Crippen molar-refractivity contribution in [3.8, 4) is 0 Å². The molecule has 2 unspecified atom stereocenters. The third-order valence-corrected chi connectivity index (χ3v) is 4.80. The van der Waals surface area contributed by atoms with Gasteiger partial charge in [-0.25, -0.2) is 0 Å². The lowest BCUT2D eigenvalue weighted by Crippen LogP contribution is -2.45. The molecule has 3 heteroatoms. The predicted octanol–water partition coefficient (Wildman–Crippen LogP) is 5.28. The number of unbranched alkanes of at least 4 members (excludes halogenated alkanes) is 6. The van der Waals surface area contributed by atoms with Crippen LogP contribution in [0.3, 0.4) is 0 Å². The van der Waals surface area contributed by atoms with E-state index in [-0.39, 0.29) is 18.0 Å². The third kappa shape index (κ3) is 6.64. The monoisotopic (exact) mass is 332 g/mol. The van der Waals surface area contributed by atoms with Crippen molar-refractivity contribution in [2.24, 2.45) is 5.92 Å². The summed E-state index contributed by atoms with van der Waals surface area (Å²) in [5.74, 6) is 0.0205. The zero-order chi connectivity index (χ0) is 17.0. The van der Waals surface area contributed by atoms with Crippen molar-refractivity contribution in [2.45, 2.75) is 77.4 Å². The minimum Gasteiger partial charge on any atom is -0.461 e. The zero-order valence-electron chi connectivity index (χ0n) is 15.0. The van der Waals surface area contributed by atoms with E-state index in [0.29, 0.717) is 13.2 Å². The van der Waals surface area contributed by atoms with Crippen molar-refractivity contribution in [3.63, 3.8) is 0 Å². The van der Waals surface area contributed by atoms with E-state index < -0.39 is 0 Å². The largest absolute Gasteiger partial charge is 0.461 e. The number of carbonyl (C=O) groups is 1. The van der Waals surface area contributed by atoms with E-state index in [4.69, 9.17) is 9.47 Å². The summed E-state index contributed by atoms with van der Waals surface area (Å²) in [5.41, 5.74) is 1.17. The summed E-state index contributed by atoms with van der Waals surface area (Å²) in [6.07, 6.45) is 11.0. The molecule has 0 saturated carbocycles. The van der Waals surface area contributed by atoms with Gasteiger partial charge in [0.1, 0.15) is 6.10 Å². The van der Waals surface area contributed by atoms with Gasteiger partial charge in [-0.15, -0.1) is 0 Å². The summed E-state index contributed by atoms with van der Waals surface area (Å²) in [6.45, 7) is 3.49. The van der Waals surface area contributed by atoms with Crippen LogP contribution >= 0.6 is 0 Å². The second kappa shape index (κ2) is 11.2. The molecule has 0 N–H and O–H groups in total. The number of cyclic esters (lactones) is 1. The van der Waals surface area contributed by atoms with Crippen molar-refractivity contribution in [3.05, 3.63) is 35.9 Å². The van der Waals surface area contributed by atoms with Gasteiger partial charge in [-0.1, -0.05) is 75.8 Å². The maximum Gasteiger partial charge on any atom is 0.313 e. The van der Waals surface area contributed by atoms with Gasteiger partial charge in [-0.2, -0.15) is 0 Å². The predicted molar refractivity (Wildman–Crippen MR) is 96.7 cm³/mol. The first-order valence-corrected chi connectivity index (χ1v) is 9.63. The Balaban J connectivity index is 1.51. The standard InChI is InChI=1S/C21H32O3/c1-2-3-4-5-6-7-11-14-20-19(21(22)24-20)15-16-23-17-18-12-9-8-10-13-18/h8-10,12-13,19-20H,2-7,11,14-17H2,1H3. The first-order chi connectivity index (χ1) is 11.8. The second-order valence-corrected chi connectivity index (χ2v) is 6.82. The molecule has 0 bridgehead atoms. The summed E-state index contributed by atoms with van der Waals surface area (Å²) in [6, 6.07) is 10.1. The van der Waals surface area contributed by atoms with Gasteiger partial charge in [0.2, 0.25) is 0 Å². The van der Waals surface area contributed by atoms with Crippen molar-refractivity contribution in [2.75, 3.05) is 6.61 Å². The average molecular weight is 332 g/mol. The van der Waals surface area contributed by atoms with Crippen LogP contribution in [0.2, 0.25) is 0 Å². The smallest absolute Gasteiger partial charge is 0.313 e. The second-order valence-electron chi connectivity index (χ2n) is 6.82. The topological polar surface area (TPSA) is 35.5 Å². The van der Waals surface area contributed by atoms with E-state index >= 15 is 0 Å². The molecule has 1 saturated heterocycles. The fourth-order valence-electron chi connectivity index (χ4n) is 3.24. The van der Waals surface area contributed by atoms with Gasteiger partial charge < -0.3 is 9.47 Å². The van der Waals surface area contributed by atoms with E-state index in [9.17, 15) is 4.79 Å². The lowest BCUT2D eigenvalue weighted by Gasteiger charge is -2.35. The molecule has 1 aromatic rings. The van der Waals surface area contributed by atoms with Crippen molar-refractivity contribution >= 4 is 5.97 Å². The summed E-state index contributed by atoms with van der Waals surface area (Å²) in [4.78, 5) is 11.6. The summed E-state index contributed by atoms with van der Waals surface area (Å²) in [7, 11) is 0. The van der Waals surface area contributed by atoms with Crippen LogP contribution in [-0.2, 0) is 20.9 Å². The molecule has 1 aliphatic rings. The molecule has 3 nitrogen and oxygen atoms in total. The van der Waals surface area contributed by atoms with Gasteiger partial charge in [0.15, 0.2) is 0 Å². The molecule has 2 atom stereocenters. The lowest BCUT2D eigenvalue weighted by atomic mass is 9.89.